The molecule has 1 aliphatic rings. The third kappa shape index (κ3) is 2.81. The Morgan fingerprint density at radius 3 is 2.83 bits per heavy atom. The van der Waals surface area contributed by atoms with E-state index in [0.29, 0.717) is 36.9 Å². The fourth-order valence-corrected chi connectivity index (χ4v) is 2.26. The fourth-order valence-electron chi connectivity index (χ4n) is 2.07. The van der Waals surface area contributed by atoms with E-state index in [-0.39, 0.29) is 5.82 Å². The van der Waals surface area contributed by atoms with Crippen LogP contribution in [0.3, 0.4) is 0 Å². The Bertz CT molecular complexity index is 482. The highest BCUT2D eigenvalue weighted by Gasteiger charge is 2.39. The van der Waals surface area contributed by atoms with E-state index in [1.165, 1.54) is 12.1 Å². The van der Waals surface area contributed by atoms with Gasteiger partial charge in [-0.2, -0.15) is 5.26 Å². The molecule has 0 aliphatic carbocycles. The lowest BCUT2D eigenvalue weighted by molar-refractivity contribution is -0.0896. The van der Waals surface area contributed by atoms with Crippen LogP contribution in [-0.2, 0) is 11.3 Å². The minimum atomic E-state index is -0.441. The van der Waals surface area contributed by atoms with Crippen molar-refractivity contribution in [2.75, 3.05) is 26.8 Å². The normalized spacial score (nSPS) is 17.3. The minimum Gasteiger partial charge on any atom is -0.378 e. The van der Waals surface area contributed by atoms with Gasteiger partial charge in [-0.25, -0.2) is 4.39 Å². The molecule has 0 radical (unpaired) electrons. The molecule has 0 N–H and O–H groups in total. The highest BCUT2D eigenvalue weighted by Crippen LogP contribution is 2.28. The van der Waals surface area contributed by atoms with E-state index in [1.807, 2.05) is 11.9 Å². The van der Waals surface area contributed by atoms with E-state index in [1.54, 1.807) is 6.07 Å². The molecular formula is C13H14ClFN2O. The molecule has 0 saturated carbocycles. The summed E-state index contributed by atoms with van der Waals surface area (Å²) in [4.78, 5) is 1.92. The Morgan fingerprint density at radius 1 is 1.56 bits per heavy atom. The van der Waals surface area contributed by atoms with Crippen molar-refractivity contribution in [3.8, 4) is 6.07 Å². The van der Waals surface area contributed by atoms with Crippen molar-refractivity contribution in [3.63, 3.8) is 0 Å². The van der Waals surface area contributed by atoms with Crippen LogP contribution in [0.25, 0.3) is 0 Å². The lowest BCUT2D eigenvalue weighted by atomic mass is 9.87. The molecule has 1 aromatic carbocycles. The van der Waals surface area contributed by atoms with Crippen LogP contribution in [-0.4, -0.2) is 31.7 Å². The summed E-state index contributed by atoms with van der Waals surface area (Å²) in [6, 6.07) is 6.77. The summed E-state index contributed by atoms with van der Waals surface area (Å²) in [6.07, 6.45) is 0. The molecule has 18 heavy (non-hydrogen) atoms. The van der Waals surface area contributed by atoms with Crippen molar-refractivity contribution < 1.29 is 9.13 Å². The SMILES string of the molecule is CN(Cc1cc(Cl)ccc1F)CC1(C#N)COC1. The van der Waals surface area contributed by atoms with Crippen molar-refractivity contribution in [2.24, 2.45) is 5.41 Å². The molecule has 0 aromatic heterocycles. The smallest absolute Gasteiger partial charge is 0.127 e. The van der Waals surface area contributed by atoms with Gasteiger partial charge in [0.05, 0.1) is 19.3 Å². The first-order valence-corrected chi connectivity index (χ1v) is 6.04. The van der Waals surface area contributed by atoms with Crippen molar-refractivity contribution >= 4 is 11.6 Å². The summed E-state index contributed by atoms with van der Waals surface area (Å²) in [5, 5.41) is 9.61. The second kappa shape index (κ2) is 5.23. The summed E-state index contributed by atoms with van der Waals surface area (Å²) in [5.74, 6) is -0.276. The van der Waals surface area contributed by atoms with E-state index >= 15 is 0 Å². The van der Waals surface area contributed by atoms with Crippen LogP contribution in [0.2, 0.25) is 5.02 Å². The number of rotatable bonds is 4. The second-order valence-corrected chi connectivity index (χ2v) is 5.23. The molecule has 96 valence electrons. The third-order valence-electron chi connectivity index (χ3n) is 3.01. The minimum absolute atomic E-state index is 0.276. The molecule has 1 aliphatic heterocycles. The average molecular weight is 269 g/mol. The van der Waals surface area contributed by atoms with Gasteiger partial charge in [0.2, 0.25) is 0 Å². The Hall–Kier alpha value is -1.15. The molecule has 0 unspecified atom stereocenters. The van der Waals surface area contributed by atoms with Gasteiger partial charge in [-0.1, -0.05) is 11.6 Å². The number of hydrogen-bond acceptors (Lipinski definition) is 3. The van der Waals surface area contributed by atoms with Crippen LogP contribution < -0.4 is 0 Å². The van der Waals surface area contributed by atoms with Gasteiger partial charge < -0.3 is 9.64 Å². The highest BCUT2D eigenvalue weighted by atomic mass is 35.5. The van der Waals surface area contributed by atoms with E-state index in [9.17, 15) is 4.39 Å². The monoisotopic (exact) mass is 268 g/mol. The van der Waals surface area contributed by atoms with Crippen LogP contribution >= 0.6 is 11.6 Å². The summed E-state index contributed by atoms with van der Waals surface area (Å²) in [5.41, 5.74) is 0.0994. The van der Waals surface area contributed by atoms with Gasteiger partial charge in [0.1, 0.15) is 11.2 Å². The fraction of sp³-hybridized carbons (Fsp3) is 0.462. The van der Waals surface area contributed by atoms with Crippen LogP contribution in [0.15, 0.2) is 18.2 Å². The lowest BCUT2D eigenvalue weighted by Crippen LogP contribution is -2.48. The molecule has 1 saturated heterocycles. The van der Waals surface area contributed by atoms with Crippen LogP contribution in [0.5, 0.6) is 0 Å². The second-order valence-electron chi connectivity index (χ2n) is 4.79. The maximum absolute atomic E-state index is 13.6. The number of hydrogen-bond donors (Lipinski definition) is 0. The Balaban J connectivity index is 2.01. The average Bonchev–Trinajstić information content (AvgIpc) is 2.28. The molecule has 2 rings (SSSR count). The van der Waals surface area contributed by atoms with Crippen molar-refractivity contribution in [1.29, 1.82) is 5.26 Å². The Labute approximate surface area is 111 Å². The molecule has 5 heteroatoms. The third-order valence-corrected chi connectivity index (χ3v) is 3.25. The first kappa shape index (κ1) is 13.3. The predicted octanol–water partition coefficient (Wildman–Crippen LogP) is 2.45. The van der Waals surface area contributed by atoms with Crippen molar-refractivity contribution in [3.05, 3.63) is 34.6 Å². The standard InChI is InChI=1S/C13H14ClFN2O/c1-17(7-13(6-16)8-18-9-13)5-10-4-11(14)2-3-12(10)15/h2-4H,5,7-9H2,1H3. The van der Waals surface area contributed by atoms with Gasteiger partial charge in [-0.3, -0.25) is 0 Å². The molecule has 0 bridgehead atoms. The van der Waals surface area contributed by atoms with Crippen molar-refractivity contribution in [1.82, 2.24) is 4.90 Å². The van der Waals surface area contributed by atoms with Crippen molar-refractivity contribution in [2.45, 2.75) is 6.54 Å². The zero-order valence-corrected chi connectivity index (χ0v) is 10.9. The van der Waals surface area contributed by atoms with Gasteiger partial charge in [-0.15, -0.1) is 0 Å². The maximum Gasteiger partial charge on any atom is 0.127 e. The first-order chi connectivity index (χ1) is 8.54. The van der Waals surface area contributed by atoms with E-state index < -0.39 is 5.41 Å². The van der Waals surface area contributed by atoms with Gasteiger partial charge in [0.25, 0.3) is 0 Å². The van der Waals surface area contributed by atoms with Crippen LogP contribution in [0.1, 0.15) is 5.56 Å². The zero-order chi connectivity index (χ0) is 13.2. The molecule has 0 atom stereocenters. The van der Waals surface area contributed by atoms with E-state index in [0.717, 1.165) is 0 Å². The van der Waals surface area contributed by atoms with Gasteiger partial charge in [0, 0.05) is 23.7 Å². The Kier molecular flexibility index (Phi) is 3.86. The number of ether oxygens (including phenoxy) is 1. The van der Waals surface area contributed by atoms with Gasteiger partial charge in [-0.05, 0) is 25.2 Å². The quantitative estimate of drug-likeness (QED) is 0.842. The van der Waals surface area contributed by atoms with Gasteiger partial charge in [0.15, 0.2) is 0 Å². The summed E-state index contributed by atoms with van der Waals surface area (Å²) in [6.45, 7) is 1.89. The molecule has 1 fully saturated rings. The summed E-state index contributed by atoms with van der Waals surface area (Å²) < 4.78 is 18.6. The topological polar surface area (TPSA) is 36.3 Å². The zero-order valence-electron chi connectivity index (χ0n) is 10.1. The molecule has 0 spiro atoms. The van der Waals surface area contributed by atoms with Crippen LogP contribution in [0.4, 0.5) is 4.39 Å². The highest BCUT2D eigenvalue weighted by molar-refractivity contribution is 6.30. The number of benzene rings is 1. The number of halogens is 2. The van der Waals surface area contributed by atoms with E-state index in [4.69, 9.17) is 21.6 Å². The summed E-state index contributed by atoms with van der Waals surface area (Å²) >= 11 is 5.84. The Morgan fingerprint density at radius 2 is 2.28 bits per heavy atom. The molecule has 1 aromatic rings. The van der Waals surface area contributed by atoms with E-state index in [2.05, 4.69) is 6.07 Å². The molecule has 3 nitrogen and oxygen atoms in total. The number of nitrogens with zero attached hydrogens (tertiary/aromatic N) is 2. The largest absolute Gasteiger partial charge is 0.378 e. The summed E-state index contributed by atoms with van der Waals surface area (Å²) in [7, 11) is 1.86. The molecule has 1 heterocycles. The first-order valence-electron chi connectivity index (χ1n) is 5.66. The van der Waals surface area contributed by atoms with Gasteiger partial charge >= 0.3 is 0 Å². The molecule has 0 amide bonds. The number of nitriles is 1. The predicted molar refractivity (Wildman–Crippen MR) is 66.6 cm³/mol. The maximum atomic E-state index is 13.6. The lowest BCUT2D eigenvalue weighted by Gasteiger charge is -2.38. The van der Waals surface area contributed by atoms with Crippen LogP contribution in [0, 0.1) is 22.6 Å². The molecular weight excluding hydrogens is 255 g/mol.